The molecule has 208 valence electrons. The molecule has 0 spiro atoms. The molecule has 4 N–H and O–H groups in total. The highest BCUT2D eigenvalue weighted by atomic mass is 19.1. The van der Waals surface area contributed by atoms with Crippen molar-refractivity contribution in [2.75, 3.05) is 48.4 Å². The van der Waals surface area contributed by atoms with Gasteiger partial charge in [-0.25, -0.2) is 4.39 Å². The van der Waals surface area contributed by atoms with E-state index < -0.39 is 5.82 Å². The highest BCUT2D eigenvalue weighted by Crippen LogP contribution is 2.32. The Morgan fingerprint density at radius 2 is 1.85 bits per heavy atom. The van der Waals surface area contributed by atoms with Crippen molar-refractivity contribution < 1.29 is 19.0 Å². The molecule has 6 rings (SSSR count). The zero-order valence-electron chi connectivity index (χ0n) is 22.2. The van der Waals surface area contributed by atoms with Gasteiger partial charge in [0.25, 0.3) is 0 Å². The number of aromatic amines is 1. The van der Waals surface area contributed by atoms with Gasteiger partial charge in [0.2, 0.25) is 5.95 Å². The Bertz CT molecular complexity index is 1480. The van der Waals surface area contributed by atoms with Gasteiger partial charge in [-0.1, -0.05) is 12.1 Å². The van der Waals surface area contributed by atoms with E-state index in [0.717, 1.165) is 63.4 Å². The van der Waals surface area contributed by atoms with E-state index in [1.807, 2.05) is 12.1 Å². The molecule has 10 heteroatoms. The lowest BCUT2D eigenvalue weighted by Gasteiger charge is -2.29. The fourth-order valence-electron chi connectivity index (χ4n) is 5.55. The van der Waals surface area contributed by atoms with Crippen LogP contribution in [0, 0.1) is 11.7 Å². The third-order valence-electron chi connectivity index (χ3n) is 7.81. The van der Waals surface area contributed by atoms with Gasteiger partial charge in [-0.15, -0.1) is 0 Å². The van der Waals surface area contributed by atoms with Crippen LogP contribution in [0.1, 0.15) is 41.6 Å². The van der Waals surface area contributed by atoms with Crippen LogP contribution in [0.4, 0.5) is 27.5 Å². The van der Waals surface area contributed by atoms with Crippen molar-refractivity contribution in [2.24, 2.45) is 5.92 Å². The van der Waals surface area contributed by atoms with Crippen molar-refractivity contribution in [1.82, 2.24) is 15.0 Å². The molecule has 1 aliphatic heterocycles. The van der Waals surface area contributed by atoms with Crippen LogP contribution in [0.25, 0.3) is 11.0 Å². The summed E-state index contributed by atoms with van der Waals surface area (Å²) in [5.41, 5.74) is 3.13. The van der Waals surface area contributed by atoms with Crippen LogP contribution in [0.5, 0.6) is 0 Å². The average molecular weight is 545 g/mol. The second-order valence-electron chi connectivity index (χ2n) is 10.5. The molecule has 0 unspecified atom stereocenters. The second kappa shape index (κ2) is 11.6. The summed E-state index contributed by atoms with van der Waals surface area (Å²) in [5, 5.41) is 17.0. The molecule has 0 atom stereocenters. The molecule has 2 aromatic carbocycles. The minimum absolute atomic E-state index is 0.147. The van der Waals surface area contributed by atoms with E-state index in [1.54, 1.807) is 12.3 Å². The summed E-state index contributed by atoms with van der Waals surface area (Å²) in [5.74, 6) is 0.488. The number of carbonyl (C=O) groups excluding carboxylic acids is 1. The van der Waals surface area contributed by atoms with E-state index in [-0.39, 0.29) is 24.0 Å². The molecule has 3 heterocycles. The predicted octanol–water partition coefficient (Wildman–Crippen LogP) is 4.87. The number of aliphatic hydroxyl groups is 1. The number of carbonyl (C=O) groups is 1. The Kier molecular flexibility index (Phi) is 7.61. The number of aliphatic hydroxyl groups excluding tert-OH is 1. The summed E-state index contributed by atoms with van der Waals surface area (Å²) >= 11 is 0. The Labute approximate surface area is 231 Å². The maximum atomic E-state index is 13.9. The fourth-order valence-corrected chi connectivity index (χ4v) is 5.55. The minimum atomic E-state index is -0.466. The number of nitrogens with zero attached hydrogens (tertiary/aromatic N) is 3. The van der Waals surface area contributed by atoms with Crippen LogP contribution in [0.2, 0.25) is 0 Å². The first kappa shape index (κ1) is 26.2. The number of hydrogen-bond acceptors (Lipinski definition) is 8. The maximum Gasteiger partial charge on any atom is 0.231 e. The Morgan fingerprint density at radius 1 is 1.07 bits per heavy atom. The molecule has 1 aliphatic carbocycles. The van der Waals surface area contributed by atoms with E-state index in [4.69, 9.17) is 9.72 Å². The SMILES string of the molecule is O=C(c1cccc(F)c1)c1c[nH]c2nc(Nc3ccc(N4CCOCC4)cc3)nc(NC3CCC(CO)CC3)c12. The number of aromatic nitrogens is 3. The van der Waals surface area contributed by atoms with E-state index in [9.17, 15) is 14.3 Å². The number of morpholine rings is 1. The first-order chi connectivity index (χ1) is 19.6. The summed E-state index contributed by atoms with van der Waals surface area (Å²) in [6, 6.07) is 13.9. The van der Waals surface area contributed by atoms with E-state index >= 15 is 0 Å². The van der Waals surface area contributed by atoms with Crippen molar-refractivity contribution in [3.8, 4) is 0 Å². The van der Waals surface area contributed by atoms with Crippen LogP contribution in [0.3, 0.4) is 0 Å². The van der Waals surface area contributed by atoms with Gasteiger partial charge in [-0.2, -0.15) is 9.97 Å². The number of H-pyrrole nitrogens is 1. The van der Waals surface area contributed by atoms with Crippen molar-refractivity contribution in [3.05, 3.63) is 71.7 Å². The molecule has 1 saturated carbocycles. The molecule has 2 aromatic heterocycles. The first-order valence-electron chi connectivity index (χ1n) is 13.8. The van der Waals surface area contributed by atoms with Gasteiger partial charge in [0.05, 0.1) is 24.2 Å². The number of fused-ring (bicyclic) bond motifs is 1. The summed E-state index contributed by atoms with van der Waals surface area (Å²) in [7, 11) is 0. The molecular formula is C30H33FN6O3. The fraction of sp³-hybridized carbons (Fsp3) is 0.367. The number of benzene rings is 2. The summed E-state index contributed by atoms with van der Waals surface area (Å²) in [6.45, 7) is 3.39. The van der Waals surface area contributed by atoms with E-state index in [1.165, 1.54) is 18.2 Å². The van der Waals surface area contributed by atoms with Gasteiger partial charge in [0.1, 0.15) is 17.3 Å². The highest BCUT2D eigenvalue weighted by Gasteiger charge is 2.25. The van der Waals surface area contributed by atoms with Crippen molar-refractivity contribution >= 4 is 40.0 Å². The number of ether oxygens (including phenoxy) is 1. The molecule has 2 aliphatic rings. The van der Waals surface area contributed by atoms with Gasteiger partial charge in [-0.05, 0) is 68.0 Å². The van der Waals surface area contributed by atoms with Crippen molar-refractivity contribution in [2.45, 2.75) is 31.7 Å². The third kappa shape index (κ3) is 5.64. The molecule has 1 saturated heterocycles. The van der Waals surface area contributed by atoms with E-state index in [0.29, 0.717) is 34.3 Å². The second-order valence-corrected chi connectivity index (χ2v) is 10.5. The van der Waals surface area contributed by atoms with Gasteiger partial charge in [-0.3, -0.25) is 4.79 Å². The van der Waals surface area contributed by atoms with E-state index in [2.05, 4.69) is 37.6 Å². The number of halogens is 1. The topological polar surface area (TPSA) is 115 Å². The Morgan fingerprint density at radius 3 is 2.58 bits per heavy atom. The standard InChI is InChI=1S/C30H33FN6O3/c31-21-3-1-2-20(16-21)27(39)25-17-32-28-26(25)29(33-22-6-4-19(18-38)5-7-22)36-30(35-28)34-23-8-10-24(11-9-23)37-12-14-40-15-13-37/h1-3,8-11,16-17,19,22,38H,4-7,12-15,18H2,(H3,32,33,34,35,36). The number of anilines is 4. The average Bonchev–Trinajstić information content (AvgIpc) is 3.42. The highest BCUT2D eigenvalue weighted by molar-refractivity contribution is 6.18. The molecular weight excluding hydrogens is 511 g/mol. The lowest BCUT2D eigenvalue weighted by atomic mass is 9.86. The molecule has 4 aromatic rings. The van der Waals surface area contributed by atoms with Gasteiger partial charge < -0.3 is 30.4 Å². The monoisotopic (exact) mass is 544 g/mol. The largest absolute Gasteiger partial charge is 0.396 e. The van der Waals surface area contributed by atoms with Crippen LogP contribution in [-0.2, 0) is 4.74 Å². The first-order valence-corrected chi connectivity index (χ1v) is 13.8. The number of rotatable bonds is 8. The number of hydrogen-bond donors (Lipinski definition) is 4. The number of ketones is 1. The zero-order chi connectivity index (χ0) is 27.5. The van der Waals surface area contributed by atoms with Gasteiger partial charge in [0, 0.05) is 48.9 Å². The Balaban J connectivity index is 1.31. The van der Waals surface area contributed by atoms with Crippen LogP contribution in [0.15, 0.2) is 54.7 Å². The van der Waals surface area contributed by atoms with Crippen molar-refractivity contribution in [3.63, 3.8) is 0 Å². The molecule has 2 fully saturated rings. The third-order valence-corrected chi connectivity index (χ3v) is 7.81. The smallest absolute Gasteiger partial charge is 0.231 e. The molecule has 40 heavy (non-hydrogen) atoms. The molecule has 0 radical (unpaired) electrons. The van der Waals surface area contributed by atoms with Gasteiger partial charge in [0.15, 0.2) is 5.78 Å². The quantitative estimate of drug-likeness (QED) is 0.232. The van der Waals surface area contributed by atoms with Crippen LogP contribution < -0.4 is 15.5 Å². The Hall–Kier alpha value is -4.02. The molecule has 0 amide bonds. The predicted molar refractivity (Wildman–Crippen MR) is 153 cm³/mol. The number of nitrogens with one attached hydrogen (secondary N) is 3. The maximum absolute atomic E-state index is 13.9. The zero-order valence-corrected chi connectivity index (χ0v) is 22.2. The van der Waals surface area contributed by atoms with Crippen LogP contribution in [-0.4, -0.2) is 64.8 Å². The van der Waals surface area contributed by atoms with Gasteiger partial charge >= 0.3 is 0 Å². The lowest BCUT2D eigenvalue weighted by molar-refractivity contribution is 0.104. The minimum Gasteiger partial charge on any atom is -0.396 e. The summed E-state index contributed by atoms with van der Waals surface area (Å²) in [4.78, 5) is 28.3. The van der Waals surface area contributed by atoms with Crippen molar-refractivity contribution in [1.29, 1.82) is 0 Å². The molecule has 9 nitrogen and oxygen atoms in total. The molecule has 0 bridgehead atoms. The summed E-state index contributed by atoms with van der Waals surface area (Å²) < 4.78 is 19.3. The lowest BCUT2D eigenvalue weighted by Crippen LogP contribution is -2.36. The normalized spacial score (nSPS) is 19.5. The summed E-state index contributed by atoms with van der Waals surface area (Å²) in [6.07, 6.45) is 5.23. The van der Waals surface area contributed by atoms with Crippen LogP contribution >= 0.6 is 0 Å².